The van der Waals surface area contributed by atoms with Crippen LogP contribution in [-0.2, 0) is 0 Å². The van der Waals surface area contributed by atoms with Gasteiger partial charge in [-0.2, -0.15) is 0 Å². The molecule has 88 valence electrons. The molecule has 0 aliphatic heterocycles. The van der Waals surface area contributed by atoms with Gasteiger partial charge in [-0.15, -0.1) is 0 Å². The number of rotatable bonds is 2. The lowest BCUT2D eigenvalue weighted by Crippen LogP contribution is -2.12. The highest BCUT2D eigenvalue weighted by Gasteiger charge is 2.11. The first-order chi connectivity index (χ1) is 8.00. The van der Waals surface area contributed by atoms with E-state index in [1.807, 2.05) is 0 Å². The molecule has 0 N–H and O–H groups in total. The number of hydrogen-bond acceptors (Lipinski definition) is 4. The first-order valence-corrected chi connectivity index (χ1v) is 5.79. The molecule has 0 bridgehead atoms. The van der Waals surface area contributed by atoms with Crippen LogP contribution >= 0.6 is 23.1 Å². The van der Waals surface area contributed by atoms with E-state index in [2.05, 4.69) is 0 Å². The minimum absolute atomic E-state index is 0.0128. The number of aromatic nitrogens is 1. The Labute approximate surface area is 105 Å². The predicted molar refractivity (Wildman–Crippen MR) is 66.3 cm³/mol. The first kappa shape index (κ1) is 11.8. The van der Waals surface area contributed by atoms with Crippen LogP contribution in [-0.4, -0.2) is 8.88 Å². The molecule has 0 unspecified atom stereocenters. The van der Waals surface area contributed by atoms with Crippen molar-refractivity contribution in [2.45, 2.75) is 6.92 Å². The summed E-state index contributed by atoms with van der Waals surface area (Å²) in [6, 6.07) is 5.74. The third-order valence-electron chi connectivity index (χ3n) is 2.27. The van der Waals surface area contributed by atoms with E-state index in [0.29, 0.717) is 15.6 Å². The number of nitro groups is 1. The van der Waals surface area contributed by atoms with Gasteiger partial charge in [-0.3, -0.25) is 14.9 Å². The summed E-state index contributed by atoms with van der Waals surface area (Å²) in [5, 5.41) is 10.5. The average molecular weight is 271 g/mol. The van der Waals surface area contributed by atoms with Crippen molar-refractivity contribution in [1.29, 1.82) is 0 Å². The third kappa shape index (κ3) is 2.09. The van der Waals surface area contributed by atoms with Crippen LogP contribution in [0.1, 0.15) is 5.56 Å². The second-order valence-electron chi connectivity index (χ2n) is 3.36. The summed E-state index contributed by atoms with van der Waals surface area (Å²) < 4.78 is 1.83. The number of nitro benzene ring substituents is 1. The fraction of sp³-hybridized carbons (Fsp3) is 0.100. The number of halogens is 1. The van der Waals surface area contributed by atoms with Gasteiger partial charge < -0.3 is 0 Å². The van der Waals surface area contributed by atoms with Crippen molar-refractivity contribution in [2.75, 3.05) is 0 Å². The summed E-state index contributed by atoms with van der Waals surface area (Å²) in [5.41, 5.74) is 0.839. The van der Waals surface area contributed by atoms with Crippen molar-refractivity contribution in [3.63, 3.8) is 0 Å². The van der Waals surface area contributed by atoms with Gasteiger partial charge in [0.2, 0.25) is 0 Å². The summed E-state index contributed by atoms with van der Waals surface area (Å²) in [7, 11) is 0. The molecule has 1 aromatic carbocycles. The van der Waals surface area contributed by atoms with Crippen molar-refractivity contribution in [3.05, 3.63) is 54.6 Å². The molecule has 2 rings (SSSR count). The molecule has 1 heterocycles. The van der Waals surface area contributed by atoms with E-state index < -0.39 is 4.92 Å². The maximum Gasteiger partial charge on any atom is 0.269 e. The summed E-state index contributed by atoms with van der Waals surface area (Å²) in [6.07, 6.45) is 0. The minimum atomic E-state index is -0.487. The largest absolute Gasteiger partial charge is 0.269 e. The third-order valence-corrected chi connectivity index (χ3v) is 3.78. The Balaban J connectivity index is 2.50. The van der Waals surface area contributed by atoms with Crippen LogP contribution in [0.3, 0.4) is 0 Å². The Hall–Kier alpha value is -1.66. The molecule has 0 spiro atoms. The first-order valence-electron chi connectivity index (χ1n) is 4.64. The average Bonchev–Trinajstić information content (AvgIpc) is 2.57. The number of hydrogen-bond donors (Lipinski definition) is 0. The Bertz CT molecular complexity index is 630. The minimum Gasteiger partial charge on any atom is -0.268 e. The molecule has 17 heavy (non-hydrogen) atoms. The van der Waals surface area contributed by atoms with E-state index >= 15 is 0 Å². The topological polar surface area (TPSA) is 65.1 Å². The highest BCUT2D eigenvalue weighted by molar-refractivity contribution is 7.11. The van der Waals surface area contributed by atoms with E-state index in [-0.39, 0.29) is 11.2 Å². The Morgan fingerprint density at radius 1 is 1.35 bits per heavy atom. The second-order valence-corrected chi connectivity index (χ2v) is 4.92. The van der Waals surface area contributed by atoms with E-state index in [1.54, 1.807) is 6.92 Å². The highest BCUT2D eigenvalue weighted by Crippen LogP contribution is 2.22. The Morgan fingerprint density at radius 3 is 2.35 bits per heavy atom. The molecule has 1 aromatic heterocycles. The molecule has 5 nitrogen and oxygen atoms in total. The molecular weight excluding hydrogens is 264 g/mol. The van der Waals surface area contributed by atoms with E-state index in [1.165, 1.54) is 28.2 Å². The van der Waals surface area contributed by atoms with Gasteiger partial charge >= 0.3 is 0 Å². The second kappa shape index (κ2) is 4.31. The molecule has 0 aliphatic carbocycles. The van der Waals surface area contributed by atoms with Crippen molar-refractivity contribution >= 4 is 28.8 Å². The van der Waals surface area contributed by atoms with Crippen LogP contribution in [0, 0.1) is 17.0 Å². The van der Waals surface area contributed by atoms with E-state index in [0.717, 1.165) is 11.5 Å². The quantitative estimate of drug-likeness (QED) is 0.622. The molecule has 0 amide bonds. The van der Waals surface area contributed by atoms with Gasteiger partial charge in [0.15, 0.2) is 0 Å². The van der Waals surface area contributed by atoms with Crippen LogP contribution in [0.4, 0.5) is 5.69 Å². The maximum absolute atomic E-state index is 11.8. The summed E-state index contributed by atoms with van der Waals surface area (Å²) >= 11 is 6.96. The Morgan fingerprint density at radius 2 is 1.94 bits per heavy atom. The lowest BCUT2D eigenvalue weighted by atomic mass is 10.3. The number of non-ortho nitro benzene ring substituents is 1. The maximum atomic E-state index is 11.8. The molecule has 0 radical (unpaired) electrons. The van der Waals surface area contributed by atoms with Crippen LogP contribution in [0.15, 0.2) is 29.1 Å². The summed E-state index contributed by atoms with van der Waals surface area (Å²) in [5.74, 6) is 0. The molecule has 0 aliphatic rings. The number of nitrogens with zero attached hydrogens (tertiary/aromatic N) is 2. The van der Waals surface area contributed by atoms with Gasteiger partial charge in [0, 0.05) is 17.7 Å². The smallest absolute Gasteiger partial charge is 0.268 e. The molecule has 0 atom stereocenters. The van der Waals surface area contributed by atoms with Crippen molar-refractivity contribution < 1.29 is 4.92 Å². The van der Waals surface area contributed by atoms with Crippen molar-refractivity contribution in [2.24, 2.45) is 0 Å². The molecule has 0 saturated carbocycles. The predicted octanol–water partition coefficient (Wildman–Crippen LogP) is 2.77. The van der Waals surface area contributed by atoms with E-state index in [9.17, 15) is 14.9 Å². The molecule has 0 saturated heterocycles. The van der Waals surface area contributed by atoms with Gasteiger partial charge in [0.25, 0.3) is 11.2 Å². The van der Waals surface area contributed by atoms with Crippen LogP contribution in [0.2, 0.25) is 4.34 Å². The van der Waals surface area contributed by atoms with Crippen LogP contribution in [0.25, 0.3) is 5.69 Å². The fourth-order valence-electron chi connectivity index (χ4n) is 1.31. The van der Waals surface area contributed by atoms with Crippen molar-refractivity contribution in [1.82, 2.24) is 3.96 Å². The SMILES string of the molecule is Cc1c(Cl)sn(-c2ccc([N+](=O)[O-])cc2)c1=O. The van der Waals surface area contributed by atoms with Crippen molar-refractivity contribution in [3.8, 4) is 5.69 Å². The van der Waals surface area contributed by atoms with Crippen LogP contribution in [0.5, 0.6) is 0 Å². The van der Waals surface area contributed by atoms with E-state index in [4.69, 9.17) is 11.6 Å². The molecular formula is C10H7ClN2O3S. The van der Waals surface area contributed by atoms with Gasteiger partial charge in [0.1, 0.15) is 4.34 Å². The summed E-state index contributed by atoms with van der Waals surface area (Å²) in [6.45, 7) is 1.64. The monoisotopic (exact) mass is 270 g/mol. The lowest BCUT2D eigenvalue weighted by Gasteiger charge is -1.99. The molecule has 2 aromatic rings. The zero-order valence-electron chi connectivity index (χ0n) is 8.71. The van der Waals surface area contributed by atoms with Gasteiger partial charge in [-0.1, -0.05) is 11.6 Å². The molecule has 7 heteroatoms. The normalized spacial score (nSPS) is 10.5. The standard InChI is InChI=1S/C10H7ClN2O3S/c1-6-9(11)17-12(10(6)14)7-2-4-8(5-3-7)13(15)16/h2-5H,1H3. The molecule has 0 fully saturated rings. The van der Waals surface area contributed by atoms with Gasteiger partial charge in [0.05, 0.1) is 10.6 Å². The lowest BCUT2D eigenvalue weighted by molar-refractivity contribution is -0.384. The zero-order chi connectivity index (χ0) is 12.6. The van der Waals surface area contributed by atoms with Gasteiger partial charge in [-0.05, 0) is 30.6 Å². The Kier molecular flexibility index (Phi) is 2.99. The summed E-state index contributed by atoms with van der Waals surface area (Å²) in [4.78, 5) is 21.8. The van der Waals surface area contributed by atoms with Gasteiger partial charge in [-0.25, -0.2) is 3.96 Å². The van der Waals surface area contributed by atoms with Crippen LogP contribution < -0.4 is 5.56 Å². The fourth-order valence-corrected chi connectivity index (χ4v) is 2.43. The zero-order valence-corrected chi connectivity index (χ0v) is 10.3. The highest BCUT2D eigenvalue weighted by atomic mass is 35.5. The number of benzene rings is 1.